The maximum atomic E-state index is 13.8. The van der Waals surface area contributed by atoms with Gasteiger partial charge in [0.2, 0.25) is 0 Å². The van der Waals surface area contributed by atoms with Gasteiger partial charge < -0.3 is 5.11 Å². The van der Waals surface area contributed by atoms with Crippen molar-refractivity contribution in [1.29, 1.82) is 0 Å². The van der Waals surface area contributed by atoms with E-state index in [9.17, 15) is 9.50 Å². The smallest absolute Gasteiger partial charge is 0.123 e. The van der Waals surface area contributed by atoms with Crippen LogP contribution in [0.15, 0.2) is 54.6 Å². The largest absolute Gasteiger partial charge is 0.393 e. The lowest BCUT2D eigenvalue weighted by molar-refractivity contribution is 0.0753. The van der Waals surface area contributed by atoms with Gasteiger partial charge in [0.15, 0.2) is 0 Å². The number of benzene rings is 2. The van der Waals surface area contributed by atoms with Crippen LogP contribution in [0.3, 0.4) is 0 Å². The molecule has 1 saturated heterocycles. The fourth-order valence-electron chi connectivity index (χ4n) is 4.88. The first-order valence-corrected chi connectivity index (χ1v) is 9.44. The van der Waals surface area contributed by atoms with Crippen molar-refractivity contribution in [1.82, 2.24) is 4.90 Å². The van der Waals surface area contributed by atoms with E-state index in [2.05, 4.69) is 29.2 Å². The molecule has 2 aromatic rings. The van der Waals surface area contributed by atoms with Crippen molar-refractivity contribution in [3.8, 4) is 0 Å². The van der Waals surface area contributed by atoms with Gasteiger partial charge in [-0.3, -0.25) is 4.90 Å². The molecule has 3 heteroatoms. The highest BCUT2D eigenvalue weighted by molar-refractivity contribution is 5.26. The molecular formula is C22H26FNO. The number of hydrogen-bond donors (Lipinski definition) is 1. The van der Waals surface area contributed by atoms with E-state index in [0.717, 1.165) is 37.9 Å². The van der Waals surface area contributed by atoms with E-state index in [1.165, 1.54) is 18.1 Å². The predicted molar refractivity (Wildman–Crippen MR) is 97.7 cm³/mol. The molecule has 2 fully saturated rings. The summed E-state index contributed by atoms with van der Waals surface area (Å²) in [6.45, 7) is 1.80. The van der Waals surface area contributed by atoms with E-state index < -0.39 is 0 Å². The maximum absolute atomic E-state index is 13.8. The van der Waals surface area contributed by atoms with Crippen molar-refractivity contribution in [2.24, 2.45) is 5.92 Å². The predicted octanol–water partition coefficient (Wildman–Crippen LogP) is 4.34. The Kier molecular flexibility index (Phi) is 4.87. The monoisotopic (exact) mass is 339 g/mol. The number of halogens is 1. The van der Waals surface area contributed by atoms with Crippen LogP contribution in [0.1, 0.15) is 42.7 Å². The van der Waals surface area contributed by atoms with Gasteiger partial charge >= 0.3 is 0 Å². The molecular weight excluding hydrogens is 313 g/mol. The molecule has 2 aromatic carbocycles. The average molecular weight is 339 g/mol. The number of aliphatic hydroxyl groups is 1. The second kappa shape index (κ2) is 7.27. The molecule has 132 valence electrons. The molecule has 2 nitrogen and oxygen atoms in total. The zero-order valence-electron chi connectivity index (χ0n) is 14.5. The number of hydrogen-bond acceptors (Lipinski definition) is 2. The van der Waals surface area contributed by atoms with E-state index in [-0.39, 0.29) is 23.8 Å². The first-order chi connectivity index (χ1) is 12.2. The molecule has 1 aliphatic heterocycles. The Hall–Kier alpha value is -1.71. The summed E-state index contributed by atoms with van der Waals surface area (Å²) < 4.78 is 13.8. The lowest BCUT2D eigenvalue weighted by Crippen LogP contribution is -2.36. The van der Waals surface area contributed by atoms with Crippen LogP contribution in [0.5, 0.6) is 0 Å². The molecule has 0 radical (unpaired) electrons. The van der Waals surface area contributed by atoms with Gasteiger partial charge in [0.1, 0.15) is 5.82 Å². The summed E-state index contributed by atoms with van der Waals surface area (Å²) >= 11 is 0. The SMILES string of the molecule is OC1CCCCC2[C@H]1[C@@H](c1cccc(F)c1)CN2Cc1ccccc1. The summed E-state index contributed by atoms with van der Waals surface area (Å²) in [5, 5.41) is 10.8. The topological polar surface area (TPSA) is 23.5 Å². The highest BCUT2D eigenvalue weighted by Gasteiger charge is 2.46. The Morgan fingerprint density at radius 2 is 1.80 bits per heavy atom. The summed E-state index contributed by atoms with van der Waals surface area (Å²) in [5.74, 6) is 0.226. The summed E-state index contributed by atoms with van der Waals surface area (Å²) in [5.41, 5.74) is 2.34. The fourth-order valence-corrected chi connectivity index (χ4v) is 4.88. The summed E-state index contributed by atoms with van der Waals surface area (Å²) in [4.78, 5) is 2.52. The second-order valence-corrected chi connectivity index (χ2v) is 7.57. The maximum Gasteiger partial charge on any atom is 0.123 e. The Balaban J connectivity index is 1.65. The fraction of sp³-hybridized carbons (Fsp3) is 0.455. The van der Waals surface area contributed by atoms with Gasteiger partial charge in [-0.15, -0.1) is 0 Å². The van der Waals surface area contributed by atoms with Gasteiger partial charge in [0, 0.05) is 31.0 Å². The lowest BCUT2D eigenvalue weighted by Gasteiger charge is -2.29. The molecule has 0 bridgehead atoms. The minimum atomic E-state index is -0.290. The van der Waals surface area contributed by atoms with E-state index >= 15 is 0 Å². The molecule has 2 aliphatic rings. The third-order valence-corrected chi connectivity index (χ3v) is 6.01. The van der Waals surface area contributed by atoms with Crippen LogP contribution in [0.25, 0.3) is 0 Å². The van der Waals surface area contributed by atoms with E-state index in [4.69, 9.17) is 0 Å². The minimum Gasteiger partial charge on any atom is -0.393 e. The Morgan fingerprint density at radius 1 is 1.00 bits per heavy atom. The van der Waals surface area contributed by atoms with Crippen molar-refractivity contribution in [2.75, 3.05) is 6.54 Å². The zero-order valence-corrected chi connectivity index (χ0v) is 14.5. The Morgan fingerprint density at radius 3 is 2.60 bits per heavy atom. The van der Waals surface area contributed by atoms with Crippen molar-refractivity contribution in [3.63, 3.8) is 0 Å². The van der Waals surface area contributed by atoms with Crippen LogP contribution >= 0.6 is 0 Å². The van der Waals surface area contributed by atoms with Gasteiger partial charge in [-0.1, -0.05) is 55.3 Å². The number of aliphatic hydroxyl groups excluding tert-OH is 1. The summed E-state index contributed by atoms with van der Waals surface area (Å²) in [6, 6.07) is 17.9. The van der Waals surface area contributed by atoms with Gasteiger partial charge in [-0.25, -0.2) is 4.39 Å². The van der Waals surface area contributed by atoms with Crippen molar-refractivity contribution in [2.45, 2.75) is 50.3 Å². The lowest BCUT2D eigenvalue weighted by atomic mass is 9.81. The number of fused-ring (bicyclic) bond motifs is 1. The molecule has 1 N–H and O–H groups in total. The molecule has 1 saturated carbocycles. The zero-order chi connectivity index (χ0) is 17.2. The standard InChI is InChI=1S/C22H26FNO/c23-18-10-6-9-17(13-18)19-15-24(14-16-7-2-1-3-8-16)20-11-4-5-12-21(25)22(19)20/h1-3,6-10,13,19-22,25H,4-5,11-12,14-15H2/t19-,20?,21?,22-/m1/s1. The second-order valence-electron chi connectivity index (χ2n) is 7.57. The number of rotatable bonds is 3. The van der Waals surface area contributed by atoms with Crippen molar-refractivity contribution >= 4 is 0 Å². The minimum absolute atomic E-state index is 0.182. The molecule has 0 spiro atoms. The molecule has 2 unspecified atom stereocenters. The third-order valence-electron chi connectivity index (χ3n) is 6.01. The molecule has 4 atom stereocenters. The molecule has 0 amide bonds. The first kappa shape index (κ1) is 16.7. The van der Waals surface area contributed by atoms with E-state index in [1.807, 2.05) is 12.1 Å². The van der Waals surface area contributed by atoms with E-state index in [1.54, 1.807) is 12.1 Å². The van der Waals surface area contributed by atoms with Crippen LogP contribution in [0, 0.1) is 11.7 Å². The summed E-state index contributed by atoms with van der Waals surface area (Å²) in [7, 11) is 0. The molecule has 1 aliphatic carbocycles. The summed E-state index contributed by atoms with van der Waals surface area (Å²) in [6.07, 6.45) is 3.95. The van der Waals surface area contributed by atoms with Crippen LogP contribution in [0.2, 0.25) is 0 Å². The number of nitrogens with zero attached hydrogens (tertiary/aromatic N) is 1. The van der Waals surface area contributed by atoms with Crippen LogP contribution in [0.4, 0.5) is 4.39 Å². The molecule has 4 rings (SSSR count). The van der Waals surface area contributed by atoms with E-state index in [0.29, 0.717) is 6.04 Å². The van der Waals surface area contributed by atoms with Gasteiger partial charge in [0.05, 0.1) is 6.10 Å². The third kappa shape index (κ3) is 3.49. The number of likely N-dealkylation sites (tertiary alicyclic amines) is 1. The van der Waals surface area contributed by atoms with Gasteiger partial charge in [-0.2, -0.15) is 0 Å². The van der Waals surface area contributed by atoms with Gasteiger partial charge in [-0.05, 0) is 36.1 Å². The molecule has 25 heavy (non-hydrogen) atoms. The van der Waals surface area contributed by atoms with Crippen LogP contribution in [-0.2, 0) is 6.54 Å². The highest BCUT2D eigenvalue weighted by Crippen LogP contribution is 2.44. The highest BCUT2D eigenvalue weighted by atomic mass is 19.1. The Labute approximate surface area is 149 Å². The van der Waals surface area contributed by atoms with Gasteiger partial charge in [0.25, 0.3) is 0 Å². The molecule has 0 aromatic heterocycles. The van der Waals surface area contributed by atoms with Crippen LogP contribution < -0.4 is 0 Å². The first-order valence-electron chi connectivity index (χ1n) is 9.44. The Bertz CT molecular complexity index is 704. The van der Waals surface area contributed by atoms with Crippen molar-refractivity contribution in [3.05, 3.63) is 71.5 Å². The average Bonchev–Trinajstić information content (AvgIpc) is 2.86. The quantitative estimate of drug-likeness (QED) is 0.899. The molecule has 1 heterocycles. The van der Waals surface area contributed by atoms with Crippen LogP contribution in [-0.4, -0.2) is 28.7 Å². The van der Waals surface area contributed by atoms with Crippen molar-refractivity contribution < 1.29 is 9.50 Å². The normalized spacial score (nSPS) is 30.0.